The molecule has 23 heavy (non-hydrogen) atoms. The Balaban J connectivity index is 1.48. The summed E-state index contributed by atoms with van der Waals surface area (Å²) in [7, 11) is 0. The topological polar surface area (TPSA) is 52.0 Å². The molecule has 2 heterocycles. The molecule has 0 atom stereocenters. The third kappa shape index (κ3) is 4.44. The van der Waals surface area contributed by atoms with Crippen LogP contribution in [-0.2, 0) is 6.54 Å². The highest BCUT2D eigenvalue weighted by molar-refractivity contribution is 6.30. The molecule has 2 aromatic rings. The zero-order valence-electron chi connectivity index (χ0n) is 12.9. The van der Waals surface area contributed by atoms with E-state index in [9.17, 15) is 0 Å². The van der Waals surface area contributed by atoms with Crippen molar-refractivity contribution < 1.29 is 0 Å². The minimum absolute atomic E-state index is 0.452. The van der Waals surface area contributed by atoms with Crippen molar-refractivity contribution in [2.75, 3.05) is 18.4 Å². The molecular weight excluding hydrogens is 308 g/mol. The van der Waals surface area contributed by atoms with Crippen LogP contribution in [0.25, 0.3) is 0 Å². The highest BCUT2D eigenvalue weighted by Gasteiger charge is 2.19. The molecule has 5 heteroatoms. The van der Waals surface area contributed by atoms with E-state index in [1.165, 1.54) is 5.56 Å². The van der Waals surface area contributed by atoms with E-state index < -0.39 is 0 Å². The van der Waals surface area contributed by atoms with Gasteiger partial charge >= 0.3 is 0 Å². The minimum atomic E-state index is 0.452. The molecule has 0 amide bonds. The predicted octanol–water partition coefficient (Wildman–Crippen LogP) is 3.68. The van der Waals surface area contributed by atoms with Crippen molar-refractivity contribution in [2.24, 2.45) is 0 Å². The predicted molar refractivity (Wildman–Crippen MR) is 92.3 cm³/mol. The second-order valence-electron chi connectivity index (χ2n) is 5.87. The van der Waals surface area contributed by atoms with Gasteiger partial charge < -0.3 is 5.32 Å². The van der Waals surface area contributed by atoms with Crippen LogP contribution in [-0.4, -0.2) is 29.0 Å². The van der Waals surface area contributed by atoms with Crippen LogP contribution in [0.3, 0.4) is 0 Å². The van der Waals surface area contributed by atoms with Crippen LogP contribution in [0.2, 0.25) is 5.02 Å². The molecule has 1 fully saturated rings. The van der Waals surface area contributed by atoms with Crippen molar-refractivity contribution >= 4 is 17.3 Å². The number of rotatable bonds is 4. The van der Waals surface area contributed by atoms with Gasteiger partial charge in [0.2, 0.25) is 0 Å². The van der Waals surface area contributed by atoms with Crippen molar-refractivity contribution in [1.29, 1.82) is 5.26 Å². The highest BCUT2D eigenvalue weighted by atomic mass is 35.5. The maximum absolute atomic E-state index is 8.77. The molecule has 1 aliphatic rings. The third-order valence-corrected chi connectivity index (χ3v) is 4.41. The standard InChI is InChI=1S/C18H19ClN4/c19-15-3-1-14(2-4-15)13-23-9-7-16(8-10-23)22-18-6-5-17(11-20)21-12-18/h1-6,12,16,22H,7-10,13H2. The first kappa shape index (κ1) is 15.8. The zero-order chi connectivity index (χ0) is 16.1. The molecular formula is C18H19ClN4. The van der Waals surface area contributed by atoms with Gasteiger partial charge in [-0.15, -0.1) is 0 Å². The van der Waals surface area contributed by atoms with E-state index in [2.05, 4.69) is 27.3 Å². The van der Waals surface area contributed by atoms with E-state index >= 15 is 0 Å². The largest absolute Gasteiger partial charge is 0.381 e. The van der Waals surface area contributed by atoms with Crippen molar-refractivity contribution in [3.05, 3.63) is 58.9 Å². The minimum Gasteiger partial charge on any atom is -0.381 e. The van der Waals surface area contributed by atoms with Gasteiger partial charge in [0.1, 0.15) is 11.8 Å². The number of benzene rings is 1. The Morgan fingerprint density at radius 2 is 1.91 bits per heavy atom. The number of likely N-dealkylation sites (tertiary alicyclic amines) is 1. The summed E-state index contributed by atoms with van der Waals surface area (Å²) in [5.41, 5.74) is 2.74. The van der Waals surface area contributed by atoms with Crippen molar-refractivity contribution in [1.82, 2.24) is 9.88 Å². The zero-order valence-corrected chi connectivity index (χ0v) is 13.6. The summed E-state index contributed by atoms with van der Waals surface area (Å²) in [5, 5.41) is 13.1. The first-order valence-electron chi connectivity index (χ1n) is 7.82. The van der Waals surface area contributed by atoms with Crippen LogP contribution in [0.5, 0.6) is 0 Å². The molecule has 1 N–H and O–H groups in total. The molecule has 3 rings (SSSR count). The molecule has 1 aliphatic heterocycles. The maximum Gasteiger partial charge on any atom is 0.140 e. The number of aromatic nitrogens is 1. The Labute approximate surface area is 141 Å². The van der Waals surface area contributed by atoms with E-state index in [0.717, 1.165) is 43.2 Å². The summed E-state index contributed by atoms with van der Waals surface area (Å²) in [6.07, 6.45) is 3.94. The average Bonchev–Trinajstić information content (AvgIpc) is 2.59. The molecule has 0 spiro atoms. The SMILES string of the molecule is N#Cc1ccc(NC2CCN(Cc3ccc(Cl)cc3)CC2)cn1. The second kappa shape index (κ2) is 7.45. The first-order valence-corrected chi connectivity index (χ1v) is 8.20. The van der Waals surface area contributed by atoms with Crippen LogP contribution < -0.4 is 5.32 Å². The Morgan fingerprint density at radius 3 is 2.52 bits per heavy atom. The molecule has 0 unspecified atom stereocenters. The number of nitrogens with one attached hydrogen (secondary N) is 1. The second-order valence-corrected chi connectivity index (χ2v) is 6.30. The average molecular weight is 327 g/mol. The van der Waals surface area contributed by atoms with Gasteiger partial charge in [-0.25, -0.2) is 4.98 Å². The number of hydrogen-bond acceptors (Lipinski definition) is 4. The summed E-state index contributed by atoms with van der Waals surface area (Å²) in [5.74, 6) is 0. The normalized spacial score (nSPS) is 16.0. The lowest BCUT2D eigenvalue weighted by Crippen LogP contribution is -2.38. The van der Waals surface area contributed by atoms with Crippen molar-refractivity contribution in [3.63, 3.8) is 0 Å². The molecule has 118 valence electrons. The summed E-state index contributed by atoms with van der Waals surface area (Å²) in [6.45, 7) is 3.12. The van der Waals surface area contributed by atoms with Gasteiger partial charge in [0, 0.05) is 30.7 Å². The lowest BCUT2D eigenvalue weighted by Gasteiger charge is -2.32. The fourth-order valence-electron chi connectivity index (χ4n) is 2.86. The number of nitrogens with zero attached hydrogens (tertiary/aromatic N) is 3. The molecule has 1 saturated heterocycles. The summed E-state index contributed by atoms with van der Waals surface area (Å²) in [6, 6.07) is 14.3. The van der Waals surface area contributed by atoms with Crippen LogP contribution in [0.4, 0.5) is 5.69 Å². The van der Waals surface area contributed by atoms with E-state index in [-0.39, 0.29) is 0 Å². The third-order valence-electron chi connectivity index (χ3n) is 4.16. The van der Waals surface area contributed by atoms with Gasteiger partial charge in [0.15, 0.2) is 0 Å². The molecule has 1 aromatic heterocycles. The summed E-state index contributed by atoms with van der Waals surface area (Å²) in [4.78, 5) is 6.57. The van der Waals surface area contributed by atoms with E-state index in [1.54, 1.807) is 12.3 Å². The van der Waals surface area contributed by atoms with E-state index in [4.69, 9.17) is 16.9 Å². The van der Waals surface area contributed by atoms with Gasteiger partial charge in [0.05, 0.1) is 11.9 Å². The molecule has 0 saturated carbocycles. The maximum atomic E-state index is 8.77. The molecule has 0 aliphatic carbocycles. The Morgan fingerprint density at radius 1 is 1.17 bits per heavy atom. The molecule has 0 radical (unpaired) electrons. The fraction of sp³-hybridized carbons (Fsp3) is 0.333. The lowest BCUT2D eigenvalue weighted by atomic mass is 10.0. The van der Waals surface area contributed by atoms with Crippen LogP contribution in [0.15, 0.2) is 42.6 Å². The van der Waals surface area contributed by atoms with Crippen molar-refractivity contribution in [2.45, 2.75) is 25.4 Å². The quantitative estimate of drug-likeness (QED) is 0.931. The van der Waals surface area contributed by atoms with E-state index in [0.29, 0.717) is 11.7 Å². The van der Waals surface area contributed by atoms with Crippen LogP contribution >= 0.6 is 11.6 Å². The Kier molecular flexibility index (Phi) is 5.12. The monoisotopic (exact) mass is 326 g/mol. The first-order chi connectivity index (χ1) is 11.2. The Hall–Kier alpha value is -2.09. The van der Waals surface area contributed by atoms with Crippen LogP contribution in [0.1, 0.15) is 24.1 Å². The number of piperidine rings is 1. The number of anilines is 1. The number of halogens is 1. The molecule has 4 nitrogen and oxygen atoms in total. The lowest BCUT2D eigenvalue weighted by molar-refractivity contribution is 0.211. The summed E-state index contributed by atoms with van der Waals surface area (Å²) >= 11 is 5.92. The van der Waals surface area contributed by atoms with Gasteiger partial charge in [-0.05, 0) is 42.7 Å². The number of nitriles is 1. The fourth-order valence-corrected chi connectivity index (χ4v) is 2.99. The smallest absolute Gasteiger partial charge is 0.140 e. The number of hydrogen-bond donors (Lipinski definition) is 1. The van der Waals surface area contributed by atoms with Gasteiger partial charge in [-0.1, -0.05) is 23.7 Å². The van der Waals surface area contributed by atoms with E-state index in [1.807, 2.05) is 24.3 Å². The van der Waals surface area contributed by atoms with Crippen molar-refractivity contribution in [3.8, 4) is 6.07 Å². The molecule has 0 bridgehead atoms. The van der Waals surface area contributed by atoms with Gasteiger partial charge in [0.25, 0.3) is 0 Å². The van der Waals surface area contributed by atoms with Crippen LogP contribution in [0, 0.1) is 11.3 Å². The Bertz CT molecular complexity index is 668. The summed E-state index contributed by atoms with van der Waals surface area (Å²) < 4.78 is 0. The van der Waals surface area contributed by atoms with Gasteiger partial charge in [-0.2, -0.15) is 5.26 Å². The van der Waals surface area contributed by atoms with Gasteiger partial charge in [-0.3, -0.25) is 4.90 Å². The molecule has 1 aromatic carbocycles. The number of pyridine rings is 1. The highest BCUT2D eigenvalue weighted by Crippen LogP contribution is 2.18.